The summed E-state index contributed by atoms with van der Waals surface area (Å²) in [7, 11) is 0. The number of halogens is 3. The number of aromatic amines is 1. The number of nitrogens with one attached hydrogen (secondary N) is 1. The Labute approximate surface area is 606 Å². The zero-order chi connectivity index (χ0) is 75.0. The van der Waals surface area contributed by atoms with Crippen LogP contribution in [0, 0.1) is 32.8 Å². The van der Waals surface area contributed by atoms with Gasteiger partial charge in [0.05, 0.1) is 27.0 Å². The highest BCUT2D eigenvalue weighted by Crippen LogP contribution is 2.36. The number of furan rings is 2. The zero-order valence-electron chi connectivity index (χ0n) is 54.8. The minimum atomic E-state index is -0.650. The standard InChI is InChI=1S/C20H11ClN2O2.2C13H10N2O2.C11H7NO.C11H8O2.C7H5ClO.C2H4ClNO.C2H5NO2/c21-13-6-3-5-12(10-13)19-22-17-16-14-7-2-1-4-11(14)8-9-15(16)25-18(17)20(24)23-19;14-11-10-8-4-2-1-3-7(8)5-6-9(10)17-12(11)13(15)16;14-7-11-10-4-2-1-3-9(10)5-6-12(11)17-8-13(15)16;2*12-7-10-9-4-2-1-3-8(9)5-6-11(10)13;8-7-4-2-1-3-6(7)5-9;3-1-2(4)5;1-2-3(4)5/h1-10H,(H,22,23,24);1-6H,14H2,(H2,15,16);1-6H,8H2,(H2,15,16);1-6,13H;1-7,13H;1-5H;1H2,(H2,4,5);2H2,1H3. The van der Waals surface area contributed by atoms with E-state index in [0.29, 0.717) is 72.5 Å². The number of amides is 3. The predicted molar refractivity (Wildman–Crippen MR) is 406 cm³/mol. The van der Waals surface area contributed by atoms with Crippen LogP contribution >= 0.6 is 34.8 Å². The summed E-state index contributed by atoms with van der Waals surface area (Å²) < 4.78 is 16.3. The van der Waals surface area contributed by atoms with E-state index in [-0.39, 0.29) is 52.4 Å². The van der Waals surface area contributed by atoms with Crippen LogP contribution in [0.3, 0.4) is 0 Å². The van der Waals surface area contributed by atoms with E-state index in [0.717, 1.165) is 76.5 Å². The molecule has 0 saturated carbocycles. The molecule has 0 spiro atoms. The number of alkyl halides is 1. The maximum Gasteiger partial charge on any atom is 0.294 e. The minimum Gasteiger partial charge on any atom is -0.507 e. The molecule has 0 aliphatic heterocycles. The van der Waals surface area contributed by atoms with Crippen molar-refractivity contribution in [3.05, 3.63) is 289 Å². The lowest BCUT2D eigenvalue weighted by Crippen LogP contribution is -2.20. The van der Waals surface area contributed by atoms with E-state index in [2.05, 4.69) is 21.8 Å². The molecular weight excluding hydrogens is 1390 g/mol. The summed E-state index contributed by atoms with van der Waals surface area (Å²) >= 11 is 16.5. The van der Waals surface area contributed by atoms with Gasteiger partial charge in [0.1, 0.15) is 68.9 Å². The second-order valence-electron chi connectivity index (χ2n) is 21.8. The molecule has 0 saturated heterocycles. The second-order valence-corrected chi connectivity index (χ2v) is 22.9. The van der Waals surface area contributed by atoms with Crippen molar-refractivity contribution in [2.24, 2.45) is 17.2 Å². The summed E-state index contributed by atoms with van der Waals surface area (Å²) in [5.74, 6) is -0.830. The van der Waals surface area contributed by atoms with Gasteiger partial charge < -0.3 is 51.7 Å². The number of H-pyrrole nitrogens is 1. The number of aldehydes is 2. The third-order valence-electron chi connectivity index (χ3n) is 15.0. The van der Waals surface area contributed by atoms with Gasteiger partial charge in [0, 0.05) is 38.8 Å². The van der Waals surface area contributed by atoms with Crippen molar-refractivity contribution in [2.45, 2.75) is 6.92 Å². The van der Waals surface area contributed by atoms with E-state index in [1.54, 1.807) is 66.7 Å². The van der Waals surface area contributed by atoms with Crippen molar-refractivity contribution in [3.8, 4) is 40.8 Å². The Hall–Kier alpha value is -13.6. The number of hydrogen-bond donors (Lipinski definition) is 7. The highest BCUT2D eigenvalue weighted by atomic mass is 35.5. The maximum atomic E-state index is 12.5. The van der Waals surface area contributed by atoms with Crippen LogP contribution in [-0.4, -0.2) is 74.4 Å². The summed E-state index contributed by atoms with van der Waals surface area (Å²) in [6.45, 7) is 1.30. The number of rotatable bonds is 9. The Morgan fingerprint density at radius 3 is 1.58 bits per heavy atom. The molecule has 25 heteroatoms. The number of nitro groups is 1. The van der Waals surface area contributed by atoms with E-state index < -0.39 is 17.7 Å². The lowest BCUT2D eigenvalue weighted by molar-refractivity contribution is -0.475. The number of nitriles is 2. The average Bonchev–Trinajstić information content (AvgIpc) is 1.59. The molecule has 0 atom stereocenters. The first kappa shape index (κ1) is 76.1. The molecule has 104 heavy (non-hydrogen) atoms. The Morgan fingerprint density at radius 1 is 0.606 bits per heavy atom. The molecular formula is C79H60Cl3N9O13. The number of phenols is 2. The molecule has 0 radical (unpaired) electrons. The molecule has 3 amide bonds. The number of ether oxygens (including phenoxy) is 1. The fourth-order valence-corrected chi connectivity index (χ4v) is 10.6. The van der Waals surface area contributed by atoms with Crippen molar-refractivity contribution < 1.29 is 52.7 Å². The predicted octanol–water partition coefficient (Wildman–Crippen LogP) is 15.9. The number of aromatic hydroxyl groups is 2. The number of anilines is 1. The van der Waals surface area contributed by atoms with E-state index in [9.17, 15) is 49.1 Å². The van der Waals surface area contributed by atoms with Gasteiger partial charge in [0.15, 0.2) is 19.2 Å². The van der Waals surface area contributed by atoms with Crippen LogP contribution < -0.4 is 33.2 Å². The molecule has 15 rings (SSSR count). The second kappa shape index (κ2) is 36.4. The maximum absolute atomic E-state index is 12.5. The molecule has 520 valence electrons. The van der Waals surface area contributed by atoms with Gasteiger partial charge in [-0.1, -0.05) is 205 Å². The van der Waals surface area contributed by atoms with E-state index in [1.807, 2.05) is 164 Å². The molecule has 22 nitrogen and oxygen atoms in total. The van der Waals surface area contributed by atoms with E-state index in [1.165, 1.54) is 13.0 Å². The highest BCUT2D eigenvalue weighted by molar-refractivity contribution is 6.33. The van der Waals surface area contributed by atoms with Gasteiger partial charge in [-0.05, 0) is 91.6 Å². The monoisotopic (exact) mass is 1450 g/mol. The number of fused-ring (bicyclic) bond motifs is 11. The van der Waals surface area contributed by atoms with Crippen molar-refractivity contribution >= 4 is 158 Å². The first-order valence-electron chi connectivity index (χ1n) is 31.0. The molecule has 0 aliphatic carbocycles. The summed E-state index contributed by atoms with van der Waals surface area (Å²) in [5.41, 5.74) is 25.1. The third kappa shape index (κ3) is 19.0. The fourth-order valence-electron chi connectivity index (χ4n) is 10.3. The van der Waals surface area contributed by atoms with Crippen molar-refractivity contribution in [1.29, 1.82) is 10.5 Å². The molecule has 12 aromatic carbocycles. The Kier molecular flexibility index (Phi) is 26.7. The van der Waals surface area contributed by atoms with Gasteiger partial charge in [0.25, 0.3) is 17.4 Å². The molecule has 15 aromatic rings. The number of carbonyl (C=O) groups excluding carboxylic acids is 5. The van der Waals surface area contributed by atoms with Gasteiger partial charge >= 0.3 is 0 Å². The molecule has 3 heterocycles. The van der Waals surface area contributed by atoms with Gasteiger partial charge in [-0.2, -0.15) is 10.5 Å². The average molecular weight is 1450 g/mol. The van der Waals surface area contributed by atoms with Crippen LogP contribution in [0.2, 0.25) is 10.0 Å². The summed E-state index contributed by atoms with van der Waals surface area (Å²) in [5, 5.41) is 57.9. The molecule has 0 fully saturated rings. The highest BCUT2D eigenvalue weighted by Gasteiger charge is 2.19. The number of phenolic OH excluding ortho intramolecular Hbond substituents is 2. The minimum absolute atomic E-state index is 0.0244. The van der Waals surface area contributed by atoms with E-state index in [4.69, 9.17) is 76.1 Å². The first-order chi connectivity index (χ1) is 50.1. The third-order valence-corrected chi connectivity index (χ3v) is 15.9. The van der Waals surface area contributed by atoms with Crippen LogP contribution in [0.25, 0.3) is 98.3 Å². The van der Waals surface area contributed by atoms with Gasteiger partial charge in [-0.3, -0.25) is 38.9 Å². The quantitative estimate of drug-likeness (QED) is 0.0305. The Morgan fingerprint density at radius 2 is 1.08 bits per heavy atom. The summed E-state index contributed by atoms with van der Waals surface area (Å²) in [6.07, 6.45) is 1.42. The molecule has 0 bridgehead atoms. The number of primary amides is 3. The van der Waals surface area contributed by atoms with Gasteiger partial charge in [0.2, 0.25) is 23.8 Å². The van der Waals surface area contributed by atoms with Gasteiger partial charge in [-0.25, -0.2) is 4.98 Å². The number of aromatic nitrogens is 2. The largest absolute Gasteiger partial charge is 0.507 e. The van der Waals surface area contributed by atoms with Crippen LogP contribution in [0.1, 0.15) is 49.3 Å². The van der Waals surface area contributed by atoms with E-state index >= 15 is 0 Å². The van der Waals surface area contributed by atoms with Crippen molar-refractivity contribution in [3.63, 3.8) is 0 Å². The van der Waals surface area contributed by atoms with Crippen LogP contribution in [0.4, 0.5) is 5.69 Å². The number of nitrogens with two attached hydrogens (primary N) is 4. The zero-order valence-corrected chi connectivity index (χ0v) is 57.1. The number of hydrogen-bond acceptors (Lipinski definition) is 17. The Bertz CT molecular complexity index is 5840. The first-order valence-corrected chi connectivity index (χ1v) is 32.3. The normalized spacial score (nSPS) is 10.2. The van der Waals surface area contributed by atoms with Crippen LogP contribution in [-0.2, 0) is 9.59 Å². The number of benzene rings is 12. The lowest BCUT2D eigenvalue weighted by Gasteiger charge is -2.08. The van der Waals surface area contributed by atoms with Crippen molar-refractivity contribution in [2.75, 3.05) is 24.8 Å². The Balaban J connectivity index is 0.000000157. The SMILES string of the molecule is CC[N+](=O)[O-].N#Cc1c(O)ccc2ccccc12.N#Cc1c(OCC(N)=O)ccc2ccccc12.NC(=O)CCl.NC(=O)c1oc2ccc3ccccc3c2c1N.O=Cc1c(O)ccc2ccccc12.O=Cc1ccccc1Cl.O=c1[nH]c(-c2cccc(Cl)c2)nc2c1oc1ccc3ccccc3c12. The lowest BCUT2D eigenvalue weighted by atomic mass is 10.0. The fraction of sp³-hybridized carbons (Fsp3) is 0.0506. The molecule has 3 aromatic heterocycles. The molecule has 0 unspecified atom stereocenters. The smallest absolute Gasteiger partial charge is 0.294 e. The number of nitrogen functional groups attached to an aromatic ring is 1. The molecule has 11 N–H and O–H groups in total. The molecule has 0 aliphatic rings. The van der Waals surface area contributed by atoms with Crippen LogP contribution in [0.5, 0.6) is 17.2 Å². The summed E-state index contributed by atoms with van der Waals surface area (Å²) in [6, 6.07) is 74.2. The van der Waals surface area contributed by atoms with Gasteiger partial charge in [-0.15, -0.1) is 11.6 Å². The van der Waals surface area contributed by atoms with Crippen molar-refractivity contribution in [1.82, 2.24) is 9.97 Å². The number of nitrogens with zero attached hydrogens (tertiary/aromatic N) is 4. The number of carbonyl (C=O) groups is 5. The van der Waals surface area contributed by atoms with Crippen LogP contribution in [0.15, 0.2) is 244 Å². The topological polar surface area (TPSA) is 402 Å². The summed E-state index contributed by atoms with van der Waals surface area (Å²) in [4.78, 5) is 80.9.